The van der Waals surface area contributed by atoms with Gasteiger partial charge in [-0.25, -0.2) is 4.98 Å². The molecule has 0 amide bonds. The number of hydrogen-bond donors (Lipinski definition) is 0. The molecule has 7 aromatic rings. The number of rotatable bonds is 1. The third-order valence-electron chi connectivity index (χ3n) is 7.02. The number of nitrogens with zero attached hydrogens (tertiary/aromatic N) is 2. The zero-order chi connectivity index (χ0) is 22.1. The zero-order valence-electron chi connectivity index (χ0n) is 18.6. The maximum Gasteiger partial charge on any atom is 0.145 e. The Balaban J connectivity index is 1.68. The Kier molecular flexibility index (Phi) is 3.72. The normalized spacial score (nSPS) is 11.9. The van der Waals surface area contributed by atoms with Gasteiger partial charge in [0.15, 0.2) is 0 Å². The van der Waals surface area contributed by atoms with Crippen molar-refractivity contribution in [3.8, 4) is 11.3 Å². The summed E-state index contributed by atoms with van der Waals surface area (Å²) in [6, 6.07) is 32.9. The molecule has 7 rings (SSSR count). The number of aryl methyl sites for hydroxylation is 2. The molecule has 33 heavy (non-hydrogen) atoms. The molecule has 2 heterocycles. The first-order valence-corrected chi connectivity index (χ1v) is 11.4. The van der Waals surface area contributed by atoms with Crippen molar-refractivity contribution in [1.29, 1.82) is 0 Å². The summed E-state index contributed by atoms with van der Waals surface area (Å²) in [4.78, 5) is 5.18. The molecular formula is C31H22N2. The topological polar surface area (TPSA) is 17.3 Å². The van der Waals surface area contributed by atoms with Crippen molar-refractivity contribution in [2.24, 2.45) is 0 Å². The average molecular weight is 423 g/mol. The van der Waals surface area contributed by atoms with Gasteiger partial charge in [0.1, 0.15) is 5.65 Å². The van der Waals surface area contributed by atoms with Crippen LogP contribution in [0.15, 0.2) is 97.2 Å². The highest BCUT2D eigenvalue weighted by Crippen LogP contribution is 2.36. The molecule has 0 N–H and O–H groups in total. The number of hydrogen-bond acceptors (Lipinski definition) is 1. The van der Waals surface area contributed by atoms with E-state index in [0.29, 0.717) is 0 Å². The Morgan fingerprint density at radius 1 is 0.576 bits per heavy atom. The van der Waals surface area contributed by atoms with Crippen LogP contribution in [0.1, 0.15) is 11.1 Å². The SMILES string of the molecule is Cc1cccc(C)c1-c1cn2c3cc4ccc5ccccc5c4cc3c3ccccc3c2n1. The molecule has 0 spiro atoms. The number of benzene rings is 5. The molecule has 0 saturated carbocycles. The summed E-state index contributed by atoms with van der Waals surface area (Å²) >= 11 is 0. The van der Waals surface area contributed by atoms with Crippen molar-refractivity contribution in [2.75, 3.05) is 0 Å². The van der Waals surface area contributed by atoms with E-state index in [1.807, 2.05) is 0 Å². The monoisotopic (exact) mass is 422 g/mol. The van der Waals surface area contributed by atoms with Gasteiger partial charge in [0, 0.05) is 22.5 Å². The minimum absolute atomic E-state index is 1.01. The molecule has 2 nitrogen and oxygen atoms in total. The second-order valence-corrected chi connectivity index (χ2v) is 9.01. The van der Waals surface area contributed by atoms with Gasteiger partial charge in [-0.05, 0) is 64.0 Å². The molecule has 0 saturated heterocycles. The van der Waals surface area contributed by atoms with Crippen LogP contribution in [-0.4, -0.2) is 9.38 Å². The number of pyridine rings is 1. The first-order chi connectivity index (χ1) is 16.2. The molecule has 0 unspecified atom stereocenters. The van der Waals surface area contributed by atoms with Crippen molar-refractivity contribution in [3.63, 3.8) is 0 Å². The van der Waals surface area contributed by atoms with Crippen LogP contribution < -0.4 is 0 Å². The molecule has 0 radical (unpaired) electrons. The fourth-order valence-corrected chi connectivity index (χ4v) is 5.46. The minimum atomic E-state index is 1.01. The minimum Gasteiger partial charge on any atom is -0.298 e. The smallest absolute Gasteiger partial charge is 0.145 e. The lowest BCUT2D eigenvalue weighted by Crippen LogP contribution is -1.91. The predicted octanol–water partition coefficient (Wildman–Crippen LogP) is 8.23. The molecule has 0 atom stereocenters. The Morgan fingerprint density at radius 2 is 1.27 bits per heavy atom. The van der Waals surface area contributed by atoms with Gasteiger partial charge < -0.3 is 0 Å². The first kappa shape index (κ1) is 18.4. The van der Waals surface area contributed by atoms with Crippen LogP contribution in [0.4, 0.5) is 0 Å². The van der Waals surface area contributed by atoms with Crippen LogP contribution in [0.25, 0.3) is 60.1 Å². The molecule has 0 fully saturated rings. The van der Waals surface area contributed by atoms with E-state index < -0.39 is 0 Å². The molecular weight excluding hydrogens is 400 g/mol. The fourth-order valence-electron chi connectivity index (χ4n) is 5.46. The van der Waals surface area contributed by atoms with Crippen LogP contribution in [0.5, 0.6) is 0 Å². The maximum absolute atomic E-state index is 5.18. The summed E-state index contributed by atoms with van der Waals surface area (Å²) in [6.07, 6.45) is 2.21. The maximum atomic E-state index is 5.18. The van der Waals surface area contributed by atoms with Crippen molar-refractivity contribution in [1.82, 2.24) is 9.38 Å². The summed E-state index contributed by atoms with van der Waals surface area (Å²) in [5.41, 5.74) is 6.97. The van der Waals surface area contributed by atoms with Gasteiger partial charge in [-0.2, -0.15) is 0 Å². The number of aromatic nitrogens is 2. The van der Waals surface area contributed by atoms with E-state index in [4.69, 9.17) is 4.98 Å². The fraction of sp³-hybridized carbons (Fsp3) is 0.0645. The van der Waals surface area contributed by atoms with Gasteiger partial charge in [0.2, 0.25) is 0 Å². The molecule has 0 bridgehead atoms. The van der Waals surface area contributed by atoms with Gasteiger partial charge in [-0.15, -0.1) is 0 Å². The molecule has 0 aliphatic heterocycles. The van der Waals surface area contributed by atoms with Crippen molar-refractivity contribution < 1.29 is 0 Å². The predicted molar refractivity (Wildman–Crippen MR) is 140 cm³/mol. The summed E-state index contributed by atoms with van der Waals surface area (Å²) < 4.78 is 2.29. The first-order valence-electron chi connectivity index (χ1n) is 11.4. The summed E-state index contributed by atoms with van der Waals surface area (Å²) in [7, 11) is 0. The van der Waals surface area contributed by atoms with Crippen molar-refractivity contribution in [2.45, 2.75) is 13.8 Å². The van der Waals surface area contributed by atoms with E-state index >= 15 is 0 Å². The quantitative estimate of drug-likeness (QED) is 0.192. The second-order valence-electron chi connectivity index (χ2n) is 9.01. The van der Waals surface area contributed by atoms with Gasteiger partial charge in [0.05, 0.1) is 11.2 Å². The standard InChI is InChI=1S/C31H22N2/c1-19-8-7-9-20(2)30(19)28-18-33-29-16-22-15-14-21-10-3-4-11-23(21)26(22)17-27(29)24-12-5-6-13-25(24)31(33)32-28/h3-18H,1-2H3. The van der Waals surface area contributed by atoms with Crippen LogP contribution in [-0.2, 0) is 0 Å². The largest absolute Gasteiger partial charge is 0.298 e. The highest BCUT2D eigenvalue weighted by atomic mass is 15.0. The molecule has 2 aromatic heterocycles. The summed E-state index contributed by atoms with van der Waals surface area (Å²) in [5, 5.41) is 8.79. The lowest BCUT2D eigenvalue weighted by Gasteiger charge is -2.11. The third kappa shape index (κ3) is 2.58. The zero-order valence-corrected chi connectivity index (χ0v) is 18.6. The van der Waals surface area contributed by atoms with Crippen LogP contribution in [0.2, 0.25) is 0 Å². The second kappa shape index (κ2) is 6.66. The van der Waals surface area contributed by atoms with E-state index in [2.05, 4.69) is 115 Å². The van der Waals surface area contributed by atoms with Gasteiger partial charge in [-0.3, -0.25) is 4.40 Å². The van der Waals surface area contributed by atoms with E-state index in [9.17, 15) is 0 Å². The number of fused-ring (bicyclic) bond motifs is 9. The van der Waals surface area contributed by atoms with E-state index in [0.717, 1.165) is 11.3 Å². The Bertz CT molecular complexity index is 1870. The van der Waals surface area contributed by atoms with Gasteiger partial charge >= 0.3 is 0 Å². The van der Waals surface area contributed by atoms with Crippen LogP contribution in [0.3, 0.4) is 0 Å². The van der Waals surface area contributed by atoms with Gasteiger partial charge in [-0.1, -0.05) is 78.9 Å². The molecule has 0 aliphatic rings. The Hall–Kier alpha value is -4.17. The summed E-state index contributed by atoms with van der Waals surface area (Å²) in [5.74, 6) is 0. The van der Waals surface area contributed by atoms with E-state index in [1.165, 1.54) is 59.9 Å². The third-order valence-corrected chi connectivity index (χ3v) is 7.02. The molecule has 0 aliphatic carbocycles. The Labute approximate surface area is 191 Å². The molecule has 156 valence electrons. The molecule has 5 aromatic carbocycles. The highest BCUT2D eigenvalue weighted by Gasteiger charge is 2.16. The van der Waals surface area contributed by atoms with E-state index in [-0.39, 0.29) is 0 Å². The lowest BCUT2D eigenvalue weighted by molar-refractivity contribution is 1.27. The average Bonchev–Trinajstić information content (AvgIpc) is 3.28. The van der Waals surface area contributed by atoms with Crippen LogP contribution in [0, 0.1) is 13.8 Å². The molecule has 2 heteroatoms. The van der Waals surface area contributed by atoms with E-state index in [1.54, 1.807) is 0 Å². The van der Waals surface area contributed by atoms with Crippen molar-refractivity contribution in [3.05, 3.63) is 108 Å². The highest BCUT2D eigenvalue weighted by molar-refractivity contribution is 6.19. The Morgan fingerprint density at radius 3 is 2.09 bits per heavy atom. The van der Waals surface area contributed by atoms with Crippen molar-refractivity contribution >= 4 is 48.9 Å². The van der Waals surface area contributed by atoms with Crippen LogP contribution >= 0.6 is 0 Å². The van der Waals surface area contributed by atoms with Gasteiger partial charge in [0.25, 0.3) is 0 Å². The number of imidazole rings is 1. The summed E-state index contributed by atoms with van der Waals surface area (Å²) in [6.45, 7) is 4.34. The lowest BCUT2D eigenvalue weighted by atomic mass is 9.97.